The molecule has 0 atom stereocenters. The molecule has 3 heterocycles. The second kappa shape index (κ2) is 8.41. The van der Waals surface area contributed by atoms with Gasteiger partial charge in [0, 0.05) is 18.8 Å². The maximum Gasteiger partial charge on any atom is 0.261 e. The number of benzene rings is 1. The number of pyridine rings is 1. The number of nitrogens with zero attached hydrogens (tertiary/aromatic N) is 5. The highest BCUT2D eigenvalue weighted by Gasteiger charge is 2.21. The van der Waals surface area contributed by atoms with E-state index in [0.717, 1.165) is 16.6 Å². The van der Waals surface area contributed by atoms with Crippen LogP contribution in [0.3, 0.4) is 0 Å². The van der Waals surface area contributed by atoms with Gasteiger partial charge < -0.3 is 14.6 Å². The fraction of sp³-hybridized carbons (Fsp3) is 0.348. The molecule has 4 rings (SSSR count). The maximum absolute atomic E-state index is 13.0. The molecule has 0 bridgehead atoms. The fourth-order valence-electron chi connectivity index (χ4n) is 3.79. The molecule has 0 aliphatic rings. The Bertz CT molecular complexity index is 1370. The van der Waals surface area contributed by atoms with Crippen molar-refractivity contribution in [3.05, 3.63) is 57.8 Å². The number of aryl methyl sites for hydroxylation is 3. The van der Waals surface area contributed by atoms with Crippen molar-refractivity contribution in [2.24, 2.45) is 7.05 Å². The highest BCUT2D eigenvalue weighted by Crippen LogP contribution is 2.27. The van der Waals surface area contributed by atoms with Crippen LogP contribution >= 0.6 is 0 Å². The largest absolute Gasteiger partial charge is 0.466 e. The van der Waals surface area contributed by atoms with E-state index in [1.165, 1.54) is 0 Å². The first-order valence-electron chi connectivity index (χ1n) is 10.5. The van der Waals surface area contributed by atoms with Crippen LogP contribution in [-0.2, 0) is 18.4 Å². The summed E-state index contributed by atoms with van der Waals surface area (Å²) >= 11 is 0. The number of hydrogen-bond donors (Lipinski definition) is 1. The van der Waals surface area contributed by atoms with E-state index in [1.807, 2.05) is 39.8 Å². The van der Waals surface area contributed by atoms with Gasteiger partial charge in [-0.3, -0.25) is 9.59 Å². The molecule has 0 radical (unpaired) electrons. The zero-order valence-corrected chi connectivity index (χ0v) is 18.8. The summed E-state index contributed by atoms with van der Waals surface area (Å²) in [5.41, 5.74) is 2.96. The smallest absolute Gasteiger partial charge is 0.261 e. The van der Waals surface area contributed by atoms with Crippen LogP contribution in [0.5, 0.6) is 5.88 Å². The number of H-pyrrole nitrogens is 1. The number of aromatic amines is 1. The lowest BCUT2D eigenvalue weighted by Crippen LogP contribution is -2.40. The molecule has 0 aliphatic heterocycles. The van der Waals surface area contributed by atoms with E-state index >= 15 is 0 Å². The van der Waals surface area contributed by atoms with Gasteiger partial charge >= 0.3 is 0 Å². The van der Waals surface area contributed by atoms with Gasteiger partial charge in [-0.1, -0.05) is 12.1 Å². The Morgan fingerprint density at radius 3 is 2.72 bits per heavy atom. The Kier molecular flexibility index (Phi) is 5.65. The van der Waals surface area contributed by atoms with Crippen LogP contribution in [-0.4, -0.2) is 48.2 Å². The highest BCUT2D eigenvalue weighted by atomic mass is 16.5. The number of para-hydroxylation sites is 1. The van der Waals surface area contributed by atoms with Crippen LogP contribution in [0.4, 0.5) is 0 Å². The van der Waals surface area contributed by atoms with Crippen LogP contribution in [0.15, 0.2) is 35.1 Å². The molecule has 0 aliphatic carbocycles. The van der Waals surface area contributed by atoms with Crippen molar-refractivity contribution in [1.82, 2.24) is 29.6 Å². The van der Waals surface area contributed by atoms with Crippen molar-refractivity contribution < 1.29 is 9.53 Å². The van der Waals surface area contributed by atoms with E-state index in [9.17, 15) is 9.59 Å². The highest BCUT2D eigenvalue weighted by molar-refractivity contribution is 5.86. The van der Waals surface area contributed by atoms with Gasteiger partial charge in [0.05, 0.1) is 22.8 Å². The van der Waals surface area contributed by atoms with Gasteiger partial charge in [0.25, 0.3) is 11.5 Å². The molecule has 0 spiro atoms. The predicted molar refractivity (Wildman–Crippen MR) is 122 cm³/mol. The number of ether oxygens (including phenoxy) is 1. The molecule has 4 aromatic rings. The monoisotopic (exact) mass is 434 g/mol. The lowest BCUT2D eigenvalue weighted by molar-refractivity contribution is -0.135. The van der Waals surface area contributed by atoms with E-state index in [-0.39, 0.29) is 30.7 Å². The summed E-state index contributed by atoms with van der Waals surface area (Å²) in [4.78, 5) is 38.8. The summed E-state index contributed by atoms with van der Waals surface area (Å²) in [7, 11) is 1.80. The quantitative estimate of drug-likeness (QED) is 0.500. The zero-order chi connectivity index (χ0) is 23.0. The third-order valence-corrected chi connectivity index (χ3v) is 5.34. The van der Waals surface area contributed by atoms with Crippen molar-refractivity contribution in [2.75, 3.05) is 6.61 Å². The molecule has 166 valence electrons. The van der Waals surface area contributed by atoms with Gasteiger partial charge in [0.15, 0.2) is 12.3 Å². The average molecular weight is 435 g/mol. The molecular weight excluding hydrogens is 408 g/mol. The Morgan fingerprint density at radius 1 is 1.22 bits per heavy atom. The molecule has 3 aromatic heterocycles. The number of aromatic nitrogens is 5. The molecule has 0 saturated carbocycles. The van der Waals surface area contributed by atoms with Gasteiger partial charge in [-0.2, -0.15) is 0 Å². The first-order valence-corrected chi connectivity index (χ1v) is 10.5. The van der Waals surface area contributed by atoms with E-state index < -0.39 is 0 Å². The minimum atomic E-state index is -0.229. The number of rotatable bonds is 6. The van der Waals surface area contributed by atoms with Crippen LogP contribution < -0.4 is 10.3 Å². The summed E-state index contributed by atoms with van der Waals surface area (Å²) in [5, 5.41) is 5.71. The lowest BCUT2D eigenvalue weighted by Gasteiger charge is -2.26. The molecule has 9 nitrogen and oxygen atoms in total. The summed E-state index contributed by atoms with van der Waals surface area (Å²) in [6, 6.07) is 8.96. The molecule has 1 N–H and O–H groups in total. The van der Waals surface area contributed by atoms with Crippen molar-refractivity contribution in [3.8, 4) is 5.88 Å². The topological polar surface area (TPSA) is 106 Å². The Hall–Kier alpha value is -3.75. The Labute approximate surface area is 185 Å². The third-order valence-electron chi connectivity index (χ3n) is 5.34. The molecular formula is C23H26N6O3. The SMILES string of the molecule is Cc1cc(C)c2c(OCC(=O)N(Cc3nc4ccccc4c(=O)[nH]3)C(C)C)nn(C)c2n1. The molecule has 0 unspecified atom stereocenters. The van der Waals surface area contributed by atoms with Gasteiger partial charge in [0.2, 0.25) is 5.88 Å². The zero-order valence-electron chi connectivity index (χ0n) is 18.8. The summed E-state index contributed by atoms with van der Waals surface area (Å²) < 4.78 is 7.48. The lowest BCUT2D eigenvalue weighted by atomic mass is 10.2. The van der Waals surface area contributed by atoms with Crippen LogP contribution in [0.25, 0.3) is 21.9 Å². The van der Waals surface area contributed by atoms with Gasteiger partial charge in [-0.25, -0.2) is 14.6 Å². The molecule has 1 aromatic carbocycles. The predicted octanol–water partition coefficient (Wildman–Crippen LogP) is 2.64. The van der Waals surface area contributed by atoms with Crippen LogP contribution in [0.1, 0.15) is 30.9 Å². The number of amides is 1. The van der Waals surface area contributed by atoms with Gasteiger partial charge in [0.1, 0.15) is 5.82 Å². The summed E-state index contributed by atoms with van der Waals surface area (Å²) in [5.74, 6) is 0.573. The minimum Gasteiger partial charge on any atom is -0.466 e. The Balaban J connectivity index is 1.55. The van der Waals surface area contributed by atoms with Crippen molar-refractivity contribution >= 4 is 27.8 Å². The van der Waals surface area contributed by atoms with E-state index in [4.69, 9.17) is 4.74 Å². The van der Waals surface area contributed by atoms with E-state index in [0.29, 0.717) is 28.3 Å². The first-order chi connectivity index (χ1) is 15.2. The standard InChI is InChI=1S/C23H26N6O3/c1-13(2)29(11-18-25-17-9-7-6-8-16(17)22(31)26-18)19(30)12-32-23-20-14(3)10-15(4)24-21(20)28(5)27-23/h6-10,13H,11-12H2,1-5H3,(H,25,26,31). The average Bonchev–Trinajstić information content (AvgIpc) is 3.06. The number of carbonyl (C=O) groups excluding carboxylic acids is 1. The third kappa shape index (κ3) is 4.05. The number of nitrogens with one attached hydrogen (secondary N) is 1. The number of fused-ring (bicyclic) bond motifs is 2. The second-order valence-electron chi connectivity index (χ2n) is 8.14. The molecule has 0 fully saturated rings. The molecule has 9 heteroatoms. The van der Waals surface area contributed by atoms with Crippen LogP contribution in [0.2, 0.25) is 0 Å². The number of carbonyl (C=O) groups is 1. The maximum atomic E-state index is 13.0. The minimum absolute atomic E-state index is 0.116. The fourth-order valence-corrected chi connectivity index (χ4v) is 3.79. The molecule has 0 saturated heterocycles. The van der Waals surface area contributed by atoms with Crippen molar-refractivity contribution in [3.63, 3.8) is 0 Å². The van der Waals surface area contributed by atoms with Gasteiger partial charge in [-0.15, -0.1) is 5.10 Å². The second-order valence-corrected chi connectivity index (χ2v) is 8.14. The number of hydrogen-bond acceptors (Lipinski definition) is 6. The normalized spacial score (nSPS) is 11.4. The summed E-state index contributed by atoms with van der Waals surface area (Å²) in [6.07, 6.45) is 0. The van der Waals surface area contributed by atoms with Crippen LogP contribution in [0, 0.1) is 13.8 Å². The van der Waals surface area contributed by atoms with Gasteiger partial charge in [-0.05, 0) is 51.5 Å². The van der Waals surface area contributed by atoms with E-state index in [2.05, 4.69) is 20.1 Å². The van der Waals surface area contributed by atoms with Crippen molar-refractivity contribution in [2.45, 2.75) is 40.3 Å². The van der Waals surface area contributed by atoms with Crippen molar-refractivity contribution in [1.29, 1.82) is 0 Å². The van der Waals surface area contributed by atoms with E-state index in [1.54, 1.807) is 34.8 Å². The molecule has 32 heavy (non-hydrogen) atoms. The first kappa shape index (κ1) is 21.5. The molecule has 1 amide bonds. The Morgan fingerprint density at radius 2 is 1.97 bits per heavy atom. The summed E-state index contributed by atoms with van der Waals surface area (Å²) in [6.45, 7) is 7.69.